The lowest BCUT2D eigenvalue weighted by Crippen LogP contribution is -2.45. The van der Waals surface area contributed by atoms with Crippen molar-refractivity contribution in [2.75, 3.05) is 13.1 Å². The Morgan fingerprint density at radius 1 is 1.50 bits per heavy atom. The summed E-state index contributed by atoms with van der Waals surface area (Å²) in [6.45, 7) is 2.88. The van der Waals surface area contributed by atoms with Crippen LogP contribution in [0.4, 0.5) is 5.69 Å². The molecule has 1 heterocycles. The summed E-state index contributed by atoms with van der Waals surface area (Å²) >= 11 is 0. The van der Waals surface area contributed by atoms with Crippen LogP contribution in [0, 0.1) is 17.0 Å². The van der Waals surface area contributed by atoms with Gasteiger partial charge in [-0.1, -0.05) is 6.07 Å². The second-order valence-electron chi connectivity index (χ2n) is 4.93. The number of hydrogen-bond acceptors (Lipinski definition) is 4. The van der Waals surface area contributed by atoms with E-state index in [2.05, 4.69) is 0 Å². The first-order valence-electron chi connectivity index (χ1n) is 6.29. The number of benzene rings is 1. The zero-order chi connectivity index (χ0) is 14.0. The molecule has 0 spiro atoms. The molecule has 0 saturated carbocycles. The standard InChI is InChI=1S/C13H17N3O3.ClH/c1-9-4-5-12(16(18)19)11(7-9)13(17)15-6-2-3-10(14)8-15;/h4-5,7,10H,2-3,6,8,14H2,1H3;1H/t10-;/m1./s1. The van der Waals surface area contributed by atoms with Gasteiger partial charge in [0, 0.05) is 25.2 Å². The highest BCUT2D eigenvalue weighted by atomic mass is 35.5. The molecule has 1 aromatic rings. The average molecular weight is 300 g/mol. The molecule has 0 bridgehead atoms. The second-order valence-corrected chi connectivity index (χ2v) is 4.93. The molecule has 1 fully saturated rings. The number of aryl methyl sites for hydroxylation is 1. The number of nitro groups is 1. The highest BCUT2D eigenvalue weighted by Crippen LogP contribution is 2.23. The van der Waals surface area contributed by atoms with Gasteiger partial charge in [0.1, 0.15) is 5.56 Å². The topological polar surface area (TPSA) is 89.5 Å². The van der Waals surface area contributed by atoms with Crippen LogP contribution in [0.3, 0.4) is 0 Å². The highest BCUT2D eigenvalue weighted by Gasteiger charge is 2.27. The Morgan fingerprint density at radius 2 is 2.20 bits per heavy atom. The van der Waals surface area contributed by atoms with Crippen LogP contribution in [-0.4, -0.2) is 34.9 Å². The summed E-state index contributed by atoms with van der Waals surface area (Å²) in [4.78, 5) is 24.5. The van der Waals surface area contributed by atoms with Crippen molar-refractivity contribution in [3.63, 3.8) is 0 Å². The van der Waals surface area contributed by atoms with Crippen LogP contribution in [0.25, 0.3) is 0 Å². The fraction of sp³-hybridized carbons (Fsp3) is 0.462. The van der Waals surface area contributed by atoms with E-state index in [9.17, 15) is 14.9 Å². The van der Waals surface area contributed by atoms with Gasteiger partial charge in [0.05, 0.1) is 4.92 Å². The van der Waals surface area contributed by atoms with E-state index in [1.807, 2.05) is 6.92 Å². The first-order valence-corrected chi connectivity index (χ1v) is 6.29. The molecule has 6 nitrogen and oxygen atoms in total. The summed E-state index contributed by atoms with van der Waals surface area (Å²) in [7, 11) is 0. The van der Waals surface area contributed by atoms with Crippen molar-refractivity contribution in [1.82, 2.24) is 4.90 Å². The van der Waals surface area contributed by atoms with Crippen molar-refractivity contribution in [2.45, 2.75) is 25.8 Å². The molecule has 0 aromatic heterocycles. The van der Waals surface area contributed by atoms with Gasteiger partial charge in [-0.3, -0.25) is 14.9 Å². The molecule has 1 atom stereocenters. The molecule has 1 amide bonds. The number of nitro benzene ring substituents is 1. The van der Waals surface area contributed by atoms with Crippen molar-refractivity contribution in [3.8, 4) is 0 Å². The fourth-order valence-corrected chi connectivity index (χ4v) is 2.35. The summed E-state index contributed by atoms with van der Waals surface area (Å²) in [6.07, 6.45) is 1.73. The molecule has 110 valence electrons. The normalized spacial score (nSPS) is 18.3. The van der Waals surface area contributed by atoms with Crippen LogP contribution in [-0.2, 0) is 0 Å². The maximum atomic E-state index is 12.4. The molecule has 2 N–H and O–H groups in total. The van der Waals surface area contributed by atoms with E-state index in [-0.39, 0.29) is 35.6 Å². The number of rotatable bonds is 2. The monoisotopic (exact) mass is 299 g/mol. The van der Waals surface area contributed by atoms with Gasteiger partial charge in [-0.15, -0.1) is 12.4 Å². The lowest BCUT2D eigenvalue weighted by Gasteiger charge is -2.30. The number of nitrogens with zero attached hydrogens (tertiary/aromatic N) is 2. The van der Waals surface area contributed by atoms with Crippen molar-refractivity contribution < 1.29 is 9.72 Å². The minimum absolute atomic E-state index is 0. The summed E-state index contributed by atoms with van der Waals surface area (Å²) in [5.74, 6) is -0.300. The quantitative estimate of drug-likeness (QED) is 0.667. The third-order valence-corrected chi connectivity index (χ3v) is 3.32. The summed E-state index contributed by atoms with van der Waals surface area (Å²) in [6, 6.07) is 4.55. The zero-order valence-corrected chi connectivity index (χ0v) is 12.1. The summed E-state index contributed by atoms with van der Waals surface area (Å²) < 4.78 is 0. The minimum atomic E-state index is -0.517. The third kappa shape index (κ3) is 3.46. The SMILES string of the molecule is Cc1ccc([N+](=O)[O-])c(C(=O)N2CCC[C@@H](N)C2)c1.Cl. The van der Waals surface area contributed by atoms with Crippen molar-refractivity contribution >= 4 is 24.0 Å². The van der Waals surface area contributed by atoms with Crippen molar-refractivity contribution in [3.05, 3.63) is 39.4 Å². The Bertz CT molecular complexity index is 522. The number of carbonyl (C=O) groups is 1. The fourth-order valence-electron chi connectivity index (χ4n) is 2.35. The zero-order valence-electron chi connectivity index (χ0n) is 11.2. The van der Waals surface area contributed by atoms with E-state index in [1.165, 1.54) is 6.07 Å². The maximum absolute atomic E-state index is 12.4. The van der Waals surface area contributed by atoms with Crippen LogP contribution in [0.2, 0.25) is 0 Å². The predicted molar refractivity (Wildman–Crippen MR) is 78.2 cm³/mol. The summed E-state index contributed by atoms with van der Waals surface area (Å²) in [5, 5.41) is 11.0. The van der Waals surface area contributed by atoms with E-state index < -0.39 is 4.92 Å². The number of likely N-dealkylation sites (tertiary alicyclic amines) is 1. The van der Waals surface area contributed by atoms with Crippen LogP contribution in [0.5, 0.6) is 0 Å². The molecule has 1 saturated heterocycles. The summed E-state index contributed by atoms with van der Waals surface area (Å²) in [5.41, 5.74) is 6.68. The highest BCUT2D eigenvalue weighted by molar-refractivity contribution is 5.98. The number of hydrogen-bond donors (Lipinski definition) is 1. The Balaban J connectivity index is 0.00000200. The first kappa shape index (κ1) is 16.4. The van der Waals surface area contributed by atoms with Gasteiger partial charge in [0.15, 0.2) is 0 Å². The second kappa shape index (κ2) is 6.67. The van der Waals surface area contributed by atoms with Gasteiger partial charge in [-0.2, -0.15) is 0 Å². The smallest absolute Gasteiger partial charge is 0.282 e. The Labute approximate surface area is 123 Å². The van der Waals surface area contributed by atoms with E-state index in [1.54, 1.807) is 17.0 Å². The van der Waals surface area contributed by atoms with Gasteiger partial charge in [-0.25, -0.2) is 0 Å². The molecule has 7 heteroatoms. The van der Waals surface area contributed by atoms with E-state index in [0.717, 1.165) is 18.4 Å². The minimum Gasteiger partial charge on any atom is -0.337 e. The van der Waals surface area contributed by atoms with Gasteiger partial charge in [0.2, 0.25) is 0 Å². The number of piperidine rings is 1. The molecule has 0 radical (unpaired) electrons. The molecular weight excluding hydrogens is 282 g/mol. The molecule has 1 aromatic carbocycles. The van der Waals surface area contributed by atoms with Crippen LogP contribution in [0.15, 0.2) is 18.2 Å². The molecule has 1 aliphatic rings. The third-order valence-electron chi connectivity index (χ3n) is 3.32. The Morgan fingerprint density at radius 3 is 2.80 bits per heavy atom. The van der Waals surface area contributed by atoms with Crippen LogP contribution in [0.1, 0.15) is 28.8 Å². The predicted octanol–water partition coefficient (Wildman–Crippen LogP) is 1.89. The number of carbonyl (C=O) groups excluding carboxylic acids is 1. The number of nitrogens with two attached hydrogens (primary N) is 1. The van der Waals surface area contributed by atoms with Gasteiger partial charge in [0.25, 0.3) is 11.6 Å². The molecule has 1 aliphatic heterocycles. The lowest BCUT2D eigenvalue weighted by atomic mass is 10.0. The van der Waals surface area contributed by atoms with Crippen molar-refractivity contribution in [1.29, 1.82) is 0 Å². The molecule has 0 unspecified atom stereocenters. The largest absolute Gasteiger partial charge is 0.337 e. The number of halogens is 1. The van der Waals surface area contributed by atoms with Crippen LogP contribution < -0.4 is 5.73 Å². The maximum Gasteiger partial charge on any atom is 0.282 e. The average Bonchev–Trinajstić information content (AvgIpc) is 2.37. The Hall–Kier alpha value is -1.66. The van der Waals surface area contributed by atoms with E-state index >= 15 is 0 Å². The first-order chi connectivity index (χ1) is 8.99. The Kier molecular flexibility index (Phi) is 5.47. The van der Waals surface area contributed by atoms with Gasteiger partial charge >= 0.3 is 0 Å². The van der Waals surface area contributed by atoms with E-state index in [0.29, 0.717) is 13.1 Å². The molecular formula is C13H18ClN3O3. The van der Waals surface area contributed by atoms with E-state index in [4.69, 9.17) is 5.73 Å². The van der Waals surface area contributed by atoms with Crippen molar-refractivity contribution in [2.24, 2.45) is 5.73 Å². The van der Waals surface area contributed by atoms with Crippen LogP contribution >= 0.6 is 12.4 Å². The number of amides is 1. The van der Waals surface area contributed by atoms with Gasteiger partial charge < -0.3 is 10.6 Å². The lowest BCUT2D eigenvalue weighted by molar-refractivity contribution is -0.385. The molecule has 0 aliphatic carbocycles. The molecule has 2 rings (SSSR count). The molecule has 20 heavy (non-hydrogen) atoms. The van der Waals surface area contributed by atoms with Gasteiger partial charge in [-0.05, 0) is 31.4 Å².